The molecular formula is C23H22ClNO5. The van der Waals surface area contributed by atoms with Gasteiger partial charge in [-0.3, -0.25) is 9.59 Å². The number of carbonyl (C=O) groups excluding carboxylic acids is 2. The van der Waals surface area contributed by atoms with Crippen LogP contribution in [0.25, 0.3) is 10.9 Å². The van der Waals surface area contributed by atoms with Crippen LogP contribution in [-0.2, 0) is 16.1 Å². The van der Waals surface area contributed by atoms with E-state index in [4.69, 9.17) is 25.8 Å². The average Bonchev–Trinajstić information content (AvgIpc) is 2.75. The zero-order chi connectivity index (χ0) is 21.3. The lowest BCUT2D eigenvalue weighted by atomic mass is 10.2. The molecular weight excluding hydrogens is 406 g/mol. The third-order valence-corrected chi connectivity index (χ3v) is 4.53. The maximum atomic E-state index is 11.4. The van der Waals surface area contributed by atoms with Crippen molar-refractivity contribution in [1.82, 2.24) is 4.98 Å². The van der Waals surface area contributed by atoms with Gasteiger partial charge in [-0.05, 0) is 43.7 Å². The molecule has 0 aliphatic carbocycles. The minimum absolute atomic E-state index is 0.190. The Morgan fingerprint density at radius 1 is 1.10 bits per heavy atom. The maximum absolute atomic E-state index is 11.4. The number of nitrogens with zero attached hydrogens (tertiary/aromatic N) is 1. The zero-order valence-electron chi connectivity index (χ0n) is 16.6. The molecule has 30 heavy (non-hydrogen) atoms. The maximum Gasteiger partial charge on any atom is 0.305 e. The van der Waals surface area contributed by atoms with Crippen molar-refractivity contribution in [3.63, 3.8) is 0 Å². The van der Waals surface area contributed by atoms with Gasteiger partial charge in [-0.1, -0.05) is 23.7 Å². The Morgan fingerprint density at radius 3 is 2.73 bits per heavy atom. The van der Waals surface area contributed by atoms with E-state index in [0.717, 1.165) is 17.2 Å². The highest BCUT2D eigenvalue weighted by molar-refractivity contribution is 6.31. The van der Waals surface area contributed by atoms with Gasteiger partial charge in [-0.15, -0.1) is 0 Å². The number of ether oxygens (including phenoxy) is 3. The Hall–Kier alpha value is -3.12. The van der Waals surface area contributed by atoms with E-state index in [9.17, 15) is 9.59 Å². The average molecular weight is 428 g/mol. The summed E-state index contributed by atoms with van der Waals surface area (Å²) in [7, 11) is 0. The number of hydrogen-bond acceptors (Lipinski definition) is 6. The lowest BCUT2D eigenvalue weighted by Crippen LogP contribution is -2.07. The fraction of sp³-hybridized carbons (Fsp3) is 0.261. The third-order valence-electron chi connectivity index (χ3n) is 4.30. The van der Waals surface area contributed by atoms with E-state index in [1.165, 1.54) is 0 Å². The van der Waals surface area contributed by atoms with E-state index in [-0.39, 0.29) is 12.6 Å². The van der Waals surface area contributed by atoms with Crippen molar-refractivity contribution in [3.8, 4) is 11.5 Å². The van der Waals surface area contributed by atoms with Crippen LogP contribution < -0.4 is 9.47 Å². The van der Waals surface area contributed by atoms with Crippen molar-refractivity contribution in [2.45, 2.75) is 26.4 Å². The summed E-state index contributed by atoms with van der Waals surface area (Å²) in [6.45, 7) is 2.68. The molecule has 0 saturated carbocycles. The number of benzene rings is 2. The van der Waals surface area contributed by atoms with Gasteiger partial charge in [0.25, 0.3) is 0 Å². The molecule has 1 heterocycles. The van der Waals surface area contributed by atoms with Crippen molar-refractivity contribution in [1.29, 1.82) is 0 Å². The van der Waals surface area contributed by atoms with Crippen molar-refractivity contribution < 1.29 is 23.8 Å². The lowest BCUT2D eigenvalue weighted by molar-refractivity contribution is -0.143. The summed E-state index contributed by atoms with van der Waals surface area (Å²) in [5.74, 6) is 0.712. The molecule has 0 aliphatic rings. The fourth-order valence-electron chi connectivity index (χ4n) is 2.83. The van der Waals surface area contributed by atoms with Gasteiger partial charge in [-0.2, -0.15) is 0 Å². The van der Waals surface area contributed by atoms with Gasteiger partial charge >= 0.3 is 5.97 Å². The van der Waals surface area contributed by atoms with Crippen LogP contribution in [0.3, 0.4) is 0 Å². The summed E-state index contributed by atoms with van der Waals surface area (Å²) in [4.78, 5) is 27.3. The largest absolute Gasteiger partial charge is 0.493 e. The van der Waals surface area contributed by atoms with Crippen molar-refractivity contribution in [2.24, 2.45) is 0 Å². The number of esters is 1. The van der Waals surface area contributed by atoms with Gasteiger partial charge in [-0.25, -0.2) is 4.98 Å². The summed E-state index contributed by atoms with van der Waals surface area (Å²) in [6, 6.07) is 14.3. The van der Waals surface area contributed by atoms with Gasteiger partial charge < -0.3 is 14.2 Å². The van der Waals surface area contributed by atoms with Gasteiger partial charge in [0.1, 0.15) is 18.1 Å². The Morgan fingerprint density at radius 2 is 1.93 bits per heavy atom. The number of aromatic nitrogens is 1. The molecule has 0 aliphatic heterocycles. The lowest BCUT2D eigenvalue weighted by Gasteiger charge is -2.12. The first-order valence-electron chi connectivity index (χ1n) is 9.64. The van der Waals surface area contributed by atoms with Crippen molar-refractivity contribution in [3.05, 3.63) is 64.8 Å². The number of carbonyl (C=O) groups is 2. The Balaban J connectivity index is 1.62. The van der Waals surface area contributed by atoms with E-state index >= 15 is 0 Å². The van der Waals surface area contributed by atoms with E-state index in [0.29, 0.717) is 53.8 Å². The van der Waals surface area contributed by atoms with Crippen molar-refractivity contribution >= 4 is 34.8 Å². The number of pyridine rings is 1. The summed E-state index contributed by atoms with van der Waals surface area (Å²) in [6.07, 6.45) is 1.56. The van der Waals surface area contributed by atoms with E-state index < -0.39 is 0 Å². The van der Waals surface area contributed by atoms with Crippen molar-refractivity contribution in [2.75, 3.05) is 13.2 Å². The standard InChI is InChI=1S/C23H22ClNO5/c1-2-28-23(27)4-3-11-29-20-10-7-17(14-26)22(13-20)30-15-19-9-6-16-5-8-18(24)12-21(16)25-19/h5-10,12-14H,2-4,11,15H2,1H3. The van der Waals surface area contributed by atoms with Crippen LogP contribution in [0.1, 0.15) is 35.8 Å². The predicted octanol–water partition coefficient (Wildman–Crippen LogP) is 5.00. The Labute approximate surface area is 179 Å². The SMILES string of the molecule is CCOC(=O)CCCOc1ccc(C=O)c(OCc2ccc3ccc(Cl)cc3n2)c1. The monoisotopic (exact) mass is 427 g/mol. The second-order valence-corrected chi connectivity index (χ2v) is 6.94. The predicted molar refractivity (Wildman–Crippen MR) is 114 cm³/mol. The van der Waals surface area contributed by atoms with E-state index in [1.807, 2.05) is 24.3 Å². The summed E-state index contributed by atoms with van der Waals surface area (Å²) >= 11 is 6.04. The summed E-state index contributed by atoms with van der Waals surface area (Å²) < 4.78 is 16.4. The number of halogens is 1. The highest BCUT2D eigenvalue weighted by atomic mass is 35.5. The number of aldehydes is 1. The molecule has 0 unspecified atom stereocenters. The normalized spacial score (nSPS) is 10.6. The Bertz CT molecular complexity index is 1040. The second kappa shape index (κ2) is 10.6. The topological polar surface area (TPSA) is 74.7 Å². The molecule has 3 aromatic rings. The first-order chi connectivity index (χ1) is 14.6. The molecule has 0 fully saturated rings. The zero-order valence-corrected chi connectivity index (χ0v) is 17.4. The molecule has 7 heteroatoms. The minimum Gasteiger partial charge on any atom is -0.493 e. The van der Waals surface area contributed by atoms with E-state index in [2.05, 4.69) is 4.98 Å². The molecule has 1 aromatic heterocycles. The Kier molecular flexibility index (Phi) is 7.63. The highest BCUT2D eigenvalue weighted by Crippen LogP contribution is 2.25. The highest BCUT2D eigenvalue weighted by Gasteiger charge is 2.08. The van der Waals surface area contributed by atoms with Crippen LogP contribution in [0.5, 0.6) is 11.5 Å². The second-order valence-electron chi connectivity index (χ2n) is 6.50. The van der Waals surface area contributed by atoms with Crippen LogP contribution in [0, 0.1) is 0 Å². The fourth-order valence-corrected chi connectivity index (χ4v) is 3.00. The molecule has 0 atom stereocenters. The molecule has 0 spiro atoms. The quantitative estimate of drug-likeness (QED) is 0.257. The minimum atomic E-state index is -0.245. The van der Waals surface area contributed by atoms with Gasteiger partial charge in [0.2, 0.25) is 0 Å². The smallest absolute Gasteiger partial charge is 0.305 e. The van der Waals surface area contributed by atoms with Gasteiger partial charge in [0.05, 0.1) is 30.0 Å². The number of fused-ring (bicyclic) bond motifs is 1. The number of rotatable bonds is 10. The van der Waals surface area contributed by atoms with Crippen LogP contribution >= 0.6 is 11.6 Å². The van der Waals surface area contributed by atoms with Crippen LogP contribution in [0.2, 0.25) is 5.02 Å². The molecule has 156 valence electrons. The first-order valence-corrected chi connectivity index (χ1v) is 10.0. The number of hydrogen-bond donors (Lipinski definition) is 0. The first kappa shape index (κ1) is 21.6. The summed E-state index contributed by atoms with van der Waals surface area (Å²) in [5, 5.41) is 1.60. The van der Waals surface area contributed by atoms with Gasteiger partial charge in [0, 0.05) is 22.9 Å². The molecule has 0 N–H and O–H groups in total. The summed E-state index contributed by atoms with van der Waals surface area (Å²) in [5.41, 5.74) is 1.90. The van der Waals surface area contributed by atoms with Crippen LogP contribution in [0.15, 0.2) is 48.5 Å². The molecule has 0 amide bonds. The molecule has 0 radical (unpaired) electrons. The molecule has 0 bridgehead atoms. The third kappa shape index (κ3) is 5.94. The molecule has 3 rings (SSSR count). The van der Waals surface area contributed by atoms with Crippen LogP contribution in [0.4, 0.5) is 0 Å². The molecule has 2 aromatic carbocycles. The van der Waals surface area contributed by atoms with Gasteiger partial charge in [0.15, 0.2) is 6.29 Å². The van der Waals surface area contributed by atoms with E-state index in [1.54, 1.807) is 31.2 Å². The molecule has 0 saturated heterocycles. The molecule has 6 nitrogen and oxygen atoms in total. The van der Waals surface area contributed by atoms with Crippen LogP contribution in [-0.4, -0.2) is 30.5 Å².